The summed E-state index contributed by atoms with van der Waals surface area (Å²) in [4.78, 5) is 8.77. The zero-order chi connectivity index (χ0) is 13.1. The number of nitrogens with two attached hydrogens (primary N) is 1. The Balaban J connectivity index is 2.34. The first kappa shape index (κ1) is 12.7. The summed E-state index contributed by atoms with van der Waals surface area (Å²) in [5.41, 5.74) is 6.76. The highest BCUT2D eigenvalue weighted by Gasteiger charge is 2.13. The lowest BCUT2D eigenvalue weighted by Crippen LogP contribution is -2.05. The highest BCUT2D eigenvalue weighted by atomic mass is 32.2. The van der Waals surface area contributed by atoms with Gasteiger partial charge in [0.2, 0.25) is 5.16 Å². The minimum absolute atomic E-state index is 0.520. The minimum Gasteiger partial charge on any atom is -0.383 e. The maximum Gasteiger partial charge on any atom is 0.215 e. The van der Waals surface area contributed by atoms with Gasteiger partial charge in [0.25, 0.3) is 0 Å². The molecule has 0 atom stereocenters. The quantitative estimate of drug-likeness (QED) is 0.823. The van der Waals surface area contributed by atoms with Gasteiger partial charge in [0.1, 0.15) is 16.7 Å². The number of aromatic nitrogens is 6. The average Bonchev–Trinajstić information content (AvgIpc) is 2.72. The second-order valence-electron chi connectivity index (χ2n) is 3.89. The van der Waals surface area contributed by atoms with Crippen LogP contribution < -0.4 is 5.73 Å². The molecule has 7 nitrogen and oxygen atoms in total. The monoisotopic (exact) mass is 265 g/mol. The number of hydrogen-bond acceptors (Lipinski definition) is 7. The molecule has 0 radical (unpaired) electrons. The van der Waals surface area contributed by atoms with Crippen LogP contribution in [0.2, 0.25) is 0 Å². The molecule has 0 amide bonds. The highest BCUT2D eigenvalue weighted by Crippen LogP contribution is 2.28. The average molecular weight is 265 g/mol. The van der Waals surface area contributed by atoms with Gasteiger partial charge in [0.15, 0.2) is 0 Å². The van der Waals surface area contributed by atoms with E-state index in [9.17, 15) is 0 Å². The third-order valence-corrected chi connectivity index (χ3v) is 3.55. The van der Waals surface area contributed by atoms with Gasteiger partial charge in [0.05, 0.1) is 0 Å². The van der Waals surface area contributed by atoms with Crippen LogP contribution in [0.5, 0.6) is 0 Å². The van der Waals surface area contributed by atoms with Crippen LogP contribution in [-0.4, -0.2) is 30.2 Å². The summed E-state index contributed by atoms with van der Waals surface area (Å²) in [6.45, 7) is 3.98. The van der Waals surface area contributed by atoms with E-state index in [4.69, 9.17) is 5.73 Å². The predicted molar refractivity (Wildman–Crippen MR) is 68.1 cm³/mol. The third kappa shape index (κ3) is 2.58. The molecular weight excluding hydrogens is 250 g/mol. The Bertz CT molecular complexity index is 551. The lowest BCUT2D eigenvalue weighted by molar-refractivity contribution is 0.664. The van der Waals surface area contributed by atoms with Gasteiger partial charge in [-0.2, -0.15) is 0 Å². The molecule has 18 heavy (non-hydrogen) atoms. The predicted octanol–water partition coefficient (Wildman–Crippen LogP) is 0.994. The van der Waals surface area contributed by atoms with Gasteiger partial charge >= 0.3 is 0 Å². The molecule has 0 saturated heterocycles. The fourth-order valence-corrected chi connectivity index (χ4v) is 2.22. The number of rotatable bonds is 4. The summed E-state index contributed by atoms with van der Waals surface area (Å²) in [5, 5.41) is 12.8. The van der Waals surface area contributed by atoms with Crippen molar-refractivity contribution in [3.8, 4) is 0 Å². The molecule has 0 bridgehead atoms. The summed E-state index contributed by atoms with van der Waals surface area (Å²) in [6, 6.07) is 0. The van der Waals surface area contributed by atoms with Gasteiger partial charge in [-0.15, -0.1) is 5.10 Å². The lowest BCUT2D eigenvalue weighted by atomic mass is 10.3. The minimum atomic E-state index is 0.520. The van der Waals surface area contributed by atoms with Crippen molar-refractivity contribution in [1.82, 2.24) is 30.2 Å². The van der Waals surface area contributed by atoms with E-state index < -0.39 is 0 Å². The van der Waals surface area contributed by atoms with E-state index >= 15 is 0 Å². The van der Waals surface area contributed by atoms with Crippen molar-refractivity contribution < 1.29 is 0 Å². The van der Waals surface area contributed by atoms with Crippen LogP contribution in [0.4, 0.5) is 5.82 Å². The fourth-order valence-electron chi connectivity index (χ4n) is 1.39. The molecule has 2 N–H and O–H groups in total. The number of aryl methyl sites for hydroxylation is 2. The molecule has 0 aliphatic rings. The molecule has 2 rings (SSSR count). The zero-order valence-electron chi connectivity index (χ0n) is 10.6. The smallest absolute Gasteiger partial charge is 0.215 e. The third-order valence-electron chi connectivity index (χ3n) is 2.43. The first-order valence-electron chi connectivity index (χ1n) is 5.65. The highest BCUT2D eigenvalue weighted by molar-refractivity contribution is 7.99. The Kier molecular flexibility index (Phi) is 3.75. The van der Waals surface area contributed by atoms with Crippen molar-refractivity contribution in [2.75, 3.05) is 5.73 Å². The van der Waals surface area contributed by atoms with Crippen molar-refractivity contribution in [3.63, 3.8) is 0 Å². The molecule has 0 aliphatic heterocycles. The molecule has 0 aliphatic carbocycles. The number of tetrazole rings is 1. The molecule has 0 spiro atoms. The molecule has 2 heterocycles. The van der Waals surface area contributed by atoms with E-state index in [1.807, 2.05) is 6.92 Å². The van der Waals surface area contributed by atoms with Crippen LogP contribution in [0.15, 0.2) is 10.2 Å². The summed E-state index contributed by atoms with van der Waals surface area (Å²) in [5.74, 6) is 1.28. The van der Waals surface area contributed by atoms with E-state index in [1.165, 1.54) is 11.8 Å². The van der Waals surface area contributed by atoms with Crippen molar-refractivity contribution in [3.05, 3.63) is 11.4 Å². The van der Waals surface area contributed by atoms with Gasteiger partial charge in [-0.3, -0.25) is 0 Å². The van der Waals surface area contributed by atoms with Crippen molar-refractivity contribution in [2.24, 2.45) is 7.05 Å². The zero-order valence-corrected chi connectivity index (χ0v) is 11.4. The van der Waals surface area contributed by atoms with Crippen molar-refractivity contribution in [2.45, 2.75) is 36.9 Å². The molecule has 0 fully saturated rings. The molecule has 96 valence electrons. The number of nitrogen functional groups attached to an aromatic ring is 1. The summed E-state index contributed by atoms with van der Waals surface area (Å²) >= 11 is 1.40. The first-order chi connectivity index (χ1) is 8.61. The van der Waals surface area contributed by atoms with Crippen molar-refractivity contribution >= 4 is 17.6 Å². The summed E-state index contributed by atoms with van der Waals surface area (Å²) < 4.78 is 1.60. The Morgan fingerprint density at radius 2 is 2.11 bits per heavy atom. The van der Waals surface area contributed by atoms with E-state index in [0.29, 0.717) is 11.0 Å². The van der Waals surface area contributed by atoms with Crippen LogP contribution in [0.3, 0.4) is 0 Å². The molecular formula is C10H15N7S. The van der Waals surface area contributed by atoms with Gasteiger partial charge in [-0.25, -0.2) is 14.6 Å². The summed E-state index contributed by atoms with van der Waals surface area (Å²) in [6.07, 6.45) is 1.80. The van der Waals surface area contributed by atoms with Crippen LogP contribution >= 0.6 is 11.8 Å². The number of anilines is 1. The molecule has 0 saturated carbocycles. The topological polar surface area (TPSA) is 95.4 Å². The lowest BCUT2D eigenvalue weighted by Gasteiger charge is -2.08. The normalized spacial score (nSPS) is 10.8. The largest absolute Gasteiger partial charge is 0.383 e. The first-order valence-corrected chi connectivity index (χ1v) is 6.46. The molecule has 0 unspecified atom stereocenters. The van der Waals surface area contributed by atoms with Crippen LogP contribution in [0.1, 0.15) is 24.7 Å². The molecule has 8 heteroatoms. The Labute approximate surface area is 109 Å². The fraction of sp³-hybridized carbons (Fsp3) is 0.500. The maximum atomic E-state index is 5.90. The Hall–Kier alpha value is -1.70. The van der Waals surface area contributed by atoms with Crippen molar-refractivity contribution in [1.29, 1.82) is 0 Å². The molecule has 2 aromatic heterocycles. The van der Waals surface area contributed by atoms with Gasteiger partial charge in [-0.1, -0.05) is 6.92 Å². The van der Waals surface area contributed by atoms with E-state index in [-0.39, 0.29) is 0 Å². The second-order valence-corrected chi connectivity index (χ2v) is 4.85. The van der Waals surface area contributed by atoms with E-state index in [0.717, 1.165) is 29.3 Å². The maximum absolute atomic E-state index is 5.90. The van der Waals surface area contributed by atoms with Crippen LogP contribution in [0.25, 0.3) is 0 Å². The Morgan fingerprint density at radius 3 is 2.72 bits per heavy atom. The summed E-state index contributed by atoms with van der Waals surface area (Å²) in [7, 11) is 1.79. The van der Waals surface area contributed by atoms with E-state index in [1.54, 1.807) is 11.7 Å². The number of nitrogens with zero attached hydrogens (tertiary/aromatic N) is 6. The van der Waals surface area contributed by atoms with Crippen LogP contribution in [0, 0.1) is 6.92 Å². The standard InChI is InChI=1S/C10H15N7S/c1-4-5-7-12-8(11)6(2)9(13-7)18-10-14-15-16-17(10)3/h4-5H2,1-3H3,(H2,11,12,13). The number of hydrogen-bond donors (Lipinski definition) is 1. The Morgan fingerprint density at radius 1 is 1.33 bits per heavy atom. The molecule has 0 aromatic carbocycles. The van der Waals surface area contributed by atoms with E-state index in [2.05, 4.69) is 32.4 Å². The van der Waals surface area contributed by atoms with Gasteiger partial charge in [0, 0.05) is 19.0 Å². The van der Waals surface area contributed by atoms with Crippen LogP contribution in [-0.2, 0) is 13.5 Å². The van der Waals surface area contributed by atoms with Gasteiger partial charge in [-0.05, 0) is 35.5 Å². The van der Waals surface area contributed by atoms with Gasteiger partial charge < -0.3 is 5.73 Å². The second kappa shape index (κ2) is 5.30. The SMILES string of the molecule is CCCc1nc(N)c(C)c(Sc2nnnn2C)n1. The molecule has 2 aromatic rings.